The average Bonchev–Trinajstić information content (AvgIpc) is 3.58. The number of pyridine rings is 1. The third-order valence-corrected chi connectivity index (χ3v) is 7.39. The van der Waals surface area contributed by atoms with Crippen molar-refractivity contribution < 1.29 is 9.59 Å². The van der Waals surface area contributed by atoms with Gasteiger partial charge in [0.1, 0.15) is 5.82 Å². The summed E-state index contributed by atoms with van der Waals surface area (Å²) >= 11 is 0. The molecule has 0 unspecified atom stereocenters. The van der Waals surface area contributed by atoms with Crippen LogP contribution in [-0.2, 0) is 4.79 Å². The standard InChI is InChI=1S/C23H32N4O2/c1-16-4-2-3-12-26(16)21-14-17(9-11-24-21)23(29)25-13-10-20-18(15-25)5-8-22(28)27(20)19-6-7-19/h9,11,14,16,18-20H,2-8,10,12-13,15H2,1H3/t16-,18+,20-/m1/s1. The van der Waals surface area contributed by atoms with Gasteiger partial charge >= 0.3 is 0 Å². The van der Waals surface area contributed by atoms with Gasteiger partial charge in [0.05, 0.1) is 0 Å². The summed E-state index contributed by atoms with van der Waals surface area (Å²) in [6.07, 6.45) is 10.2. The van der Waals surface area contributed by atoms with Crippen molar-refractivity contribution in [2.75, 3.05) is 24.5 Å². The van der Waals surface area contributed by atoms with Crippen LogP contribution in [0.15, 0.2) is 18.3 Å². The number of likely N-dealkylation sites (tertiary alicyclic amines) is 2. The molecule has 2 amide bonds. The second-order valence-electron chi connectivity index (χ2n) is 9.38. The van der Waals surface area contributed by atoms with E-state index in [-0.39, 0.29) is 5.91 Å². The van der Waals surface area contributed by atoms with E-state index in [2.05, 4.69) is 21.7 Å². The number of hydrogen-bond donors (Lipinski definition) is 0. The first-order valence-electron chi connectivity index (χ1n) is 11.4. The molecule has 156 valence electrons. The van der Waals surface area contributed by atoms with Crippen LogP contribution >= 0.6 is 0 Å². The Morgan fingerprint density at radius 3 is 2.76 bits per heavy atom. The van der Waals surface area contributed by atoms with E-state index in [1.807, 2.05) is 17.0 Å². The van der Waals surface area contributed by atoms with E-state index in [9.17, 15) is 9.59 Å². The van der Waals surface area contributed by atoms with Gasteiger partial charge < -0.3 is 14.7 Å². The molecule has 4 heterocycles. The molecular weight excluding hydrogens is 364 g/mol. The lowest BCUT2D eigenvalue weighted by Crippen LogP contribution is -2.57. The molecule has 1 aromatic rings. The Morgan fingerprint density at radius 1 is 1.10 bits per heavy atom. The number of anilines is 1. The SMILES string of the molecule is C[C@@H]1CCCCN1c1cc(C(=O)N2CC[C@@H]3[C@@H](CCC(=O)N3C3CC3)C2)ccn1. The first kappa shape index (κ1) is 18.9. The van der Waals surface area contributed by atoms with Gasteiger partial charge in [-0.05, 0) is 69.9 Å². The van der Waals surface area contributed by atoms with Crippen molar-refractivity contribution in [3.8, 4) is 0 Å². The summed E-state index contributed by atoms with van der Waals surface area (Å²) in [6, 6.07) is 5.14. The molecule has 1 aliphatic carbocycles. The van der Waals surface area contributed by atoms with Crippen LogP contribution in [0.3, 0.4) is 0 Å². The summed E-state index contributed by atoms with van der Waals surface area (Å²) in [6.45, 7) is 4.78. The molecule has 0 N–H and O–H groups in total. The van der Waals surface area contributed by atoms with Crippen molar-refractivity contribution in [1.29, 1.82) is 0 Å². The molecule has 0 radical (unpaired) electrons. The largest absolute Gasteiger partial charge is 0.354 e. The Kier molecular flexibility index (Phi) is 4.96. The molecule has 4 aliphatic rings. The van der Waals surface area contributed by atoms with Crippen LogP contribution in [0.25, 0.3) is 0 Å². The first-order valence-corrected chi connectivity index (χ1v) is 11.4. The van der Waals surface area contributed by atoms with Crippen molar-refractivity contribution in [2.24, 2.45) is 5.92 Å². The lowest BCUT2D eigenvalue weighted by molar-refractivity contribution is -0.141. The van der Waals surface area contributed by atoms with Gasteiger partial charge in [-0.1, -0.05) is 0 Å². The van der Waals surface area contributed by atoms with Crippen LogP contribution in [0, 0.1) is 5.92 Å². The topological polar surface area (TPSA) is 56.8 Å². The van der Waals surface area contributed by atoms with Crippen LogP contribution in [0.1, 0.15) is 68.6 Å². The third kappa shape index (κ3) is 3.62. The highest BCUT2D eigenvalue weighted by Crippen LogP contribution is 2.39. The minimum Gasteiger partial charge on any atom is -0.354 e. The minimum atomic E-state index is 0.117. The van der Waals surface area contributed by atoms with Crippen LogP contribution in [0.5, 0.6) is 0 Å². The summed E-state index contributed by atoms with van der Waals surface area (Å²) < 4.78 is 0. The molecule has 29 heavy (non-hydrogen) atoms. The lowest BCUT2D eigenvalue weighted by Gasteiger charge is -2.47. The molecule has 4 fully saturated rings. The lowest BCUT2D eigenvalue weighted by atomic mass is 9.83. The van der Waals surface area contributed by atoms with Gasteiger partial charge in [-0.15, -0.1) is 0 Å². The highest BCUT2D eigenvalue weighted by atomic mass is 16.2. The third-order valence-electron chi connectivity index (χ3n) is 7.39. The molecule has 6 nitrogen and oxygen atoms in total. The van der Waals surface area contributed by atoms with Crippen molar-refractivity contribution in [3.05, 3.63) is 23.9 Å². The summed E-state index contributed by atoms with van der Waals surface area (Å²) in [7, 11) is 0. The maximum absolute atomic E-state index is 13.3. The molecule has 6 heteroatoms. The molecule has 0 bridgehead atoms. The van der Waals surface area contributed by atoms with Crippen LogP contribution < -0.4 is 4.90 Å². The van der Waals surface area contributed by atoms with Gasteiger partial charge in [-0.25, -0.2) is 4.98 Å². The van der Waals surface area contributed by atoms with E-state index in [0.29, 0.717) is 36.4 Å². The molecule has 1 aromatic heterocycles. The molecule has 3 atom stereocenters. The fraction of sp³-hybridized carbons (Fsp3) is 0.696. The Hall–Kier alpha value is -2.11. The normalized spacial score (nSPS) is 30.3. The van der Waals surface area contributed by atoms with Gasteiger partial charge in [-0.2, -0.15) is 0 Å². The smallest absolute Gasteiger partial charge is 0.254 e. The second kappa shape index (κ2) is 7.62. The average molecular weight is 397 g/mol. The summed E-state index contributed by atoms with van der Waals surface area (Å²) in [5.41, 5.74) is 0.747. The number of nitrogens with zero attached hydrogens (tertiary/aromatic N) is 4. The molecule has 5 rings (SSSR count). The van der Waals surface area contributed by atoms with E-state index in [1.165, 1.54) is 19.3 Å². The van der Waals surface area contributed by atoms with Crippen molar-refractivity contribution >= 4 is 17.6 Å². The maximum atomic E-state index is 13.3. The number of carbonyl (C=O) groups is 2. The number of hydrogen-bond acceptors (Lipinski definition) is 4. The predicted octanol–water partition coefficient (Wildman–Crippen LogP) is 3.08. The van der Waals surface area contributed by atoms with E-state index in [4.69, 9.17) is 0 Å². The highest BCUT2D eigenvalue weighted by molar-refractivity contribution is 5.95. The van der Waals surface area contributed by atoms with Crippen molar-refractivity contribution in [1.82, 2.24) is 14.8 Å². The van der Waals surface area contributed by atoms with Gasteiger partial charge in [0.25, 0.3) is 5.91 Å². The number of fused-ring (bicyclic) bond motifs is 1. The molecular formula is C23H32N4O2. The van der Waals surface area contributed by atoms with Crippen molar-refractivity contribution in [2.45, 2.75) is 76.4 Å². The molecule has 1 saturated carbocycles. The minimum absolute atomic E-state index is 0.117. The summed E-state index contributed by atoms with van der Waals surface area (Å²) in [5.74, 6) is 1.81. The zero-order valence-electron chi connectivity index (χ0n) is 17.4. The molecule has 0 spiro atoms. The second-order valence-corrected chi connectivity index (χ2v) is 9.38. The number of piperidine rings is 3. The quantitative estimate of drug-likeness (QED) is 0.788. The Labute approximate surface area is 173 Å². The number of carbonyl (C=O) groups excluding carboxylic acids is 2. The van der Waals surface area contributed by atoms with Crippen LogP contribution in [0.4, 0.5) is 5.82 Å². The van der Waals surface area contributed by atoms with E-state index >= 15 is 0 Å². The summed E-state index contributed by atoms with van der Waals surface area (Å²) in [5, 5.41) is 0. The first-order chi connectivity index (χ1) is 14.1. The summed E-state index contributed by atoms with van der Waals surface area (Å²) in [4.78, 5) is 36.8. The monoisotopic (exact) mass is 396 g/mol. The van der Waals surface area contributed by atoms with Crippen LogP contribution in [-0.4, -0.2) is 64.4 Å². The van der Waals surface area contributed by atoms with E-state index in [0.717, 1.165) is 56.7 Å². The predicted molar refractivity (Wildman–Crippen MR) is 112 cm³/mol. The van der Waals surface area contributed by atoms with Gasteiger partial charge in [0.2, 0.25) is 5.91 Å². The Bertz CT molecular complexity index is 793. The number of aromatic nitrogens is 1. The van der Waals surface area contributed by atoms with E-state index < -0.39 is 0 Å². The highest BCUT2D eigenvalue weighted by Gasteiger charge is 2.45. The fourth-order valence-corrected chi connectivity index (χ4v) is 5.63. The molecule has 3 saturated heterocycles. The van der Waals surface area contributed by atoms with Gasteiger partial charge in [0.15, 0.2) is 0 Å². The van der Waals surface area contributed by atoms with Crippen molar-refractivity contribution in [3.63, 3.8) is 0 Å². The molecule has 3 aliphatic heterocycles. The fourth-order valence-electron chi connectivity index (χ4n) is 5.63. The number of rotatable bonds is 3. The van der Waals surface area contributed by atoms with Gasteiger partial charge in [-0.3, -0.25) is 9.59 Å². The van der Waals surface area contributed by atoms with E-state index in [1.54, 1.807) is 6.20 Å². The Morgan fingerprint density at radius 2 is 1.97 bits per heavy atom. The number of amides is 2. The van der Waals surface area contributed by atoms with Gasteiger partial charge in [0, 0.05) is 55.9 Å². The molecule has 0 aromatic carbocycles. The van der Waals surface area contributed by atoms with Crippen LogP contribution in [0.2, 0.25) is 0 Å². The Balaban J connectivity index is 1.29. The zero-order chi connectivity index (χ0) is 20.0. The zero-order valence-corrected chi connectivity index (χ0v) is 17.4. The maximum Gasteiger partial charge on any atom is 0.254 e.